The molecule has 180 valence electrons. The summed E-state index contributed by atoms with van der Waals surface area (Å²) in [6.07, 6.45) is -8.18. The van der Waals surface area contributed by atoms with E-state index in [1.807, 2.05) is 0 Å². The molecule has 0 bridgehead atoms. The second-order valence-electron chi connectivity index (χ2n) is 7.85. The first-order valence-corrected chi connectivity index (χ1v) is 10.6. The van der Waals surface area contributed by atoms with Gasteiger partial charge in [-0.25, -0.2) is 4.39 Å². The van der Waals surface area contributed by atoms with E-state index in [0.717, 1.165) is 0 Å². The Kier molecular flexibility index (Phi) is 7.05. The summed E-state index contributed by atoms with van der Waals surface area (Å²) < 4.78 is 71.6. The average molecular weight is 494 g/mol. The van der Waals surface area contributed by atoms with Crippen molar-refractivity contribution in [2.24, 2.45) is 0 Å². The fraction of sp³-hybridized carbons (Fsp3) is 0.550. The zero-order chi connectivity index (χ0) is 23.6. The van der Waals surface area contributed by atoms with Gasteiger partial charge in [-0.3, -0.25) is 9.53 Å². The van der Waals surface area contributed by atoms with Crippen molar-refractivity contribution in [3.05, 3.63) is 41.1 Å². The van der Waals surface area contributed by atoms with Gasteiger partial charge in [0.1, 0.15) is 11.9 Å². The number of hydrogen-bond donors (Lipinski definition) is 1. The number of ether oxygens (including phenoxy) is 3. The predicted octanol–water partition coefficient (Wildman–Crippen LogP) is 3.87. The largest absolute Gasteiger partial charge is 0.522 e. The Labute approximate surface area is 190 Å². The number of nitrogens with one attached hydrogen (secondary N) is 1. The van der Waals surface area contributed by atoms with Gasteiger partial charge in [0.15, 0.2) is 12.7 Å². The second kappa shape index (κ2) is 9.82. The maximum atomic E-state index is 14.7. The molecule has 2 aliphatic rings. The zero-order valence-electron chi connectivity index (χ0n) is 17.1. The Morgan fingerprint density at radius 1 is 1.15 bits per heavy atom. The number of alkyl halides is 4. The third-order valence-electron chi connectivity index (χ3n) is 5.31. The standard InChI is InChI=1S/C20H20ClF4N3O5/c21-11-1-3-13(4-2-11)30-9-16(29)26-12-7-15(22)17(31-8-12)19-28-27-18(32-19)10-5-14(6-10)33-20(23,24)25/h1-4,10,12,14-15,17H,5-9H2,(H,26,29)/t10?,12-,14?,15+,17+/m1/s1. The monoisotopic (exact) mass is 493 g/mol. The Bertz CT molecular complexity index is 952. The molecule has 4 rings (SSSR count). The first-order chi connectivity index (χ1) is 15.7. The van der Waals surface area contributed by atoms with Gasteiger partial charge >= 0.3 is 6.36 Å². The highest BCUT2D eigenvalue weighted by Gasteiger charge is 2.43. The molecule has 1 N–H and O–H groups in total. The SMILES string of the molecule is O=C(COc1ccc(Cl)cc1)N[C@H]1CO[C@H](c2nnc(C3CC(OC(F)(F)F)C3)o2)[C@@H](F)C1. The molecule has 2 aromatic rings. The van der Waals surface area contributed by atoms with Crippen LogP contribution in [-0.2, 0) is 14.3 Å². The molecule has 2 fully saturated rings. The lowest BCUT2D eigenvalue weighted by Crippen LogP contribution is -2.46. The van der Waals surface area contributed by atoms with Gasteiger partial charge in [0.25, 0.3) is 5.91 Å². The van der Waals surface area contributed by atoms with Gasteiger partial charge in [-0.05, 0) is 37.1 Å². The van der Waals surface area contributed by atoms with Crippen molar-refractivity contribution in [1.82, 2.24) is 15.5 Å². The highest BCUT2D eigenvalue weighted by Crippen LogP contribution is 2.41. The minimum Gasteiger partial charge on any atom is -0.484 e. The van der Waals surface area contributed by atoms with Crippen molar-refractivity contribution in [3.63, 3.8) is 0 Å². The molecule has 1 aliphatic carbocycles. The lowest BCUT2D eigenvalue weighted by atomic mass is 9.82. The summed E-state index contributed by atoms with van der Waals surface area (Å²) in [6.45, 7) is -0.244. The molecular formula is C20H20ClF4N3O5. The van der Waals surface area contributed by atoms with E-state index in [4.69, 9.17) is 25.5 Å². The van der Waals surface area contributed by atoms with E-state index in [1.165, 1.54) is 0 Å². The number of amides is 1. The smallest absolute Gasteiger partial charge is 0.484 e. The van der Waals surface area contributed by atoms with Crippen molar-refractivity contribution in [2.45, 2.75) is 56.0 Å². The zero-order valence-corrected chi connectivity index (χ0v) is 17.8. The summed E-state index contributed by atoms with van der Waals surface area (Å²) >= 11 is 5.78. The Morgan fingerprint density at radius 2 is 1.85 bits per heavy atom. The molecule has 1 aliphatic heterocycles. The molecule has 1 amide bonds. The molecule has 0 unspecified atom stereocenters. The summed E-state index contributed by atoms with van der Waals surface area (Å²) in [6, 6.07) is 5.91. The van der Waals surface area contributed by atoms with E-state index >= 15 is 0 Å². The first kappa shape index (κ1) is 23.7. The van der Waals surface area contributed by atoms with Crippen LogP contribution in [0.5, 0.6) is 5.75 Å². The molecule has 1 saturated heterocycles. The van der Waals surface area contributed by atoms with Crippen LogP contribution in [0.2, 0.25) is 5.02 Å². The molecule has 0 spiro atoms. The van der Waals surface area contributed by atoms with E-state index in [9.17, 15) is 22.4 Å². The topological polar surface area (TPSA) is 95.7 Å². The Balaban J connectivity index is 1.22. The van der Waals surface area contributed by atoms with Gasteiger partial charge in [0.05, 0.1) is 18.8 Å². The maximum absolute atomic E-state index is 14.7. The van der Waals surface area contributed by atoms with Crippen LogP contribution in [0.25, 0.3) is 0 Å². The Morgan fingerprint density at radius 3 is 2.52 bits per heavy atom. The van der Waals surface area contributed by atoms with Crippen molar-refractivity contribution in [3.8, 4) is 5.75 Å². The molecule has 1 aromatic carbocycles. The van der Waals surface area contributed by atoms with E-state index < -0.39 is 36.7 Å². The van der Waals surface area contributed by atoms with Crippen LogP contribution in [0.15, 0.2) is 28.7 Å². The van der Waals surface area contributed by atoms with E-state index in [2.05, 4.69) is 20.3 Å². The minimum absolute atomic E-state index is 0.0143. The summed E-state index contributed by atoms with van der Waals surface area (Å²) in [5, 5.41) is 10.8. The first-order valence-electron chi connectivity index (χ1n) is 10.2. The van der Waals surface area contributed by atoms with Crippen LogP contribution >= 0.6 is 11.6 Å². The summed E-state index contributed by atoms with van der Waals surface area (Å²) in [4.78, 5) is 12.1. The van der Waals surface area contributed by atoms with Gasteiger partial charge in [0.2, 0.25) is 11.8 Å². The third-order valence-corrected chi connectivity index (χ3v) is 5.56. The fourth-order valence-electron chi connectivity index (χ4n) is 3.64. The molecule has 33 heavy (non-hydrogen) atoms. The summed E-state index contributed by atoms with van der Waals surface area (Å²) in [5.41, 5.74) is 0. The lowest BCUT2D eigenvalue weighted by molar-refractivity contribution is -0.352. The van der Waals surface area contributed by atoms with E-state index in [0.29, 0.717) is 10.8 Å². The normalized spacial score (nSPS) is 27.6. The number of carbonyl (C=O) groups excluding carboxylic acids is 1. The van der Waals surface area contributed by atoms with Crippen LogP contribution in [0.3, 0.4) is 0 Å². The molecule has 3 atom stereocenters. The average Bonchev–Trinajstić information content (AvgIpc) is 3.18. The van der Waals surface area contributed by atoms with E-state index in [1.54, 1.807) is 24.3 Å². The van der Waals surface area contributed by atoms with Crippen LogP contribution in [0.1, 0.15) is 43.1 Å². The van der Waals surface area contributed by atoms with Gasteiger partial charge in [0, 0.05) is 17.4 Å². The van der Waals surface area contributed by atoms with Crippen molar-refractivity contribution in [1.29, 1.82) is 0 Å². The number of aromatic nitrogens is 2. The van der Waals surface area contributed by atoms with Crippen LogP contribution in [0, 0.1) is 0 Å². The fourth-order valence-corrected chi connectivity index (χ4v) is 3.77. The predicted molar refractivity (Wildman–Crippen MR) is 104 cm³/mol. The van der Waals surface area contributed by atoms with Crippen LogP contribution in [-0.4, -0.2) is 54.0 Å². The van der Waals surface area contributed by atoms with Crippen LogP contribution in [0.4, 0.5) is 17.6 Å². The van der Waals surface area contributed by atoms with Crippen LogP contribution < -0.4 is 10.1 Å². The molecular weight excluding hydrogens is 474 g/mol. The molecule has 1 aromatic heterocycles. The molecule has 13 heteroatoms. The lowest BCUT2D eigenvalue weighted by Gasteiger charge is -2.33. The highest BCUT2D eigenvalue weighted by molar-refractivity contribution is 6.30. The van der Waals surface area contributed by atoms with Crippen molar-refractivity contribution < 1.29 is 41.0 Å². The maximum Gasteiger partial charge on any atom is 0.522 e. The van der Waals surface area contributed by atoms with Gasteiger partial charge in [-0.2, -0.15) is 0 Å². The van der Waals surface area contributed by atoms with Gasteiger partial charge in [-0.1, -0.05) is 11.6 Å². The number of carbonyl (C=O) groups is 1. The molecule has 0 radical (unpaired) electrons. The van der Waals surface area contributed by atoms with Gasteiger partial charge < -0.3 is 19.2 Å². The number of rotatable bonds is 7. The molecule has 2 heterocycles. The second-order valence-corrected chi connectivity index (χ2v) is 8.28. The number of halogens is 5. The minimum atomic E-state index is -4.69. The van der Waals surface area contributed by atoms with Crippen molar-refractivity contribution >= 4 is 17.5 Å². The third kappa shape index (κ3) is 6.33. The van der Waals surface area contributed by atoms with Gasteiger partial charge in [-0.15, -0.1) is 23.4 Å². The molecule has 8 nitrogen and oxygen atoms in total. The molecule has 1 saturated carbocycles. The highest BCUT2D eigenvalue weighted by atomic mass is 35.5. The summed E-state index contributed by atoms with van der Waals surface area (Å²) in [7, 11) is 0. The van der Waals surface area contributed by atoms with E-state index in [-0.39, 0.29) is 50.2 Å². The number of benzene rings is 1. The number of hydrogen-bond acceptors (Lipinski definition) is 7. The van der Waals surface area contributed by atoms with Crippen molar-refractivity contribution in [2.75, 3.05) is 13.2 Å². The summed E-state index contributed by atoms with van der Waals surface area (Å²) in [5.74, 6) is -0.322. The number of nitrogens with zero attached hydrogens (tertiary/aromatic N) is 2. The Hall–Kier alpha value is -2.44. The quantitative estimate of drug-likeness (QED) is 0.585.